The molecule has 4 rings (SSSR count). The molecule has 0 aliphatic heterocycles. The number of aliphatic hydroxyl groups excluding tert-OH is 1. The predicted octanol–water partition coefficient (Wildman–Crippen LogP) is 2.31. The molecule has 0 radical (unpaired) electrons. The predicted molar refractivity (Wildman–Crippen MR) is 116 cm³/mol. The van der Waals surface area contributed by atoms with E-state index in [1.807, 2.05) is 0 Å². The summed E-state index contributed by atoms with van der Waals surface area (Å²) in [4.78, 5) is 34.5. The first-order chi connectivity index (χ1) is 15.4. The molecule has 0 amide bonds. The first-order valence-corrected chi connectivity index (χ1v) is 10.1. The fourth-order valence-corrected chi connectivity index (χ4v) is 3.40. The van der Waals surface area contributed by atoms with Crippen molar-refractivity contribution in [2.24, 2.45) is 7.05 Å². The van der Waals surface area contributed by atoms with E-state index in [-0.39, 0.29) is 49.0 Å². The number of aryl methyl sites for hydroxylation is 1. The molecule has 1 aromatic carbocycles. The third-order valence-electron chi connectivity index (χ3n) is 4.88. The Bertz CT molecular complexity index is 1390. The summed E-state index contributed by atoms with van der Waals surface area (Å²) in [6, 6.07) is 9.03. The number of aromatic nitrogens is 5. The molecule has 32 heavy (non-hydrogen) atoms. The van der Waals surface area contributed by atoms with E-state index in [0.717, 1.165) is 4.57 Å². The molecule has 0 spiro atoms. The molecule has 0 saturated carbocycles. The van der Waals surface area contributed by atoms with Crippen molar-refractivity contribution >= 4 is 22.8 Å². The third kappa shape index (κ3) is 4.02. The molecule has 3 aromatic heterocycles. The topological polar surface area (TPSA) is 104 Å². The molecule has 0 aliphatic carbocycles. The molecule has 9 nitrogen and oxygen atoms in total. The zero-order valence-corrected chi connectivity index (χ0v) is 17.8. The standard InChI is InChI=1S/C21H19ClFN5O4/c1-26-18-17(19(30)27(21(26)31)9-4-10-29)28(12-14-8-7-13(22)11-24-14)20(25-18)32-16-6-3-2-5-15(16)23/h2-3,5-8,11,29H,4,9-10,12H2,1H3. The molecule has 0 fully saturated rings. The van der Waals surface area contributed by atoms with Gasteiger partial charge >= 0.3 is 11.7 Å². The Morgan fingerprint density at radius 2 is 1.94 bits per heavy atom. The Balaban J connectivity index is 1.95. The SMILES string of the molecule is Cn1c(=O)n(CCCO)c(=O)c2c1nc(Oc1ccccc1F)n2Cc1ccc(Cl)cn1. The Kier molecular flexibility index (Phi) is 6.06. The van der Waals surface area contributed by atoms with E-state index >= 15 is 0 Å². The highest BCUT2D eigenvalue weighted by atomic mass is 35.5. The van der Waals surface area contributed by atoms with Crippen LogP contribution < -0.4 is 16.0 Å². The fourth-order valence-electron chi connectivity index (χ4n) is 3.29. The van der Waals surface area contributed by atoms with Crippen LogP contribution >= 0.6 is 11.6 Å². The maximum absolute atomic E-state index is 14.2. The second-order valence-corrected chi connectivity index (χ2v) is 7.46. The van der Waals surface area contributed by atoms with Crippen molar-refractivity contribution in [3.63, 3.8) is 0 Å². The zero-order chi connectivity index (χ0) is 22.8. The van der Waals surface area contributed by atoms with Crippen LogP contribution in [0.25, 0.3) is 11.2 Å². The van der Waals surface area contributed by atoms with Gasteiger partial charge in [0.05, 0.1) is 17.3 Å². The molecule has 0 bridgehead atoms. The van der Waals surface area contributed by atoms with Crippen LogP contribution in [0.5, 0.6) is 11.8 Å². The molecule has 0 unspecified atom stereocenters. The van der Waals surface area contributed by atoms with E-state index in [0.29, 0.717) is 10.7 Å². The van der Waals surface area contributed by atoms with E-state index in [2.05, 4.69) is 9.97 Å². The average molecular weight is 460 g/mol. The van der Waals surface area contributed by atoms with Crippen molar-refractivity contribution in [2.45, 2.75) is 19.5 Å². The Labute approximate surface area is 185 Å². The molecule has 0 atom stereocenters. The number of rotatable bonds is 7. The normalized spacial score (nSPS) is 11.2. The van der Waals surface area contributed by atoms with E-state index < -0.39 is 17.1 Å². The maximum Gasteiger partial charge on any atom is 0.332 e. The van der Waals surface area contributed by atoms with Crippen LogP contribution in [-0.2, 0) is 20.1 Å². The first kappa shape index (κ1) is 21.7. The minimum absolute atomic E-state index is 0.0336. The Hall–Kier alpha value is -3.50. The van der Waals surface area contributed by atoms with Gasteiger partial charge < -0.3 is 9.84 Å². The number of benzene rings is 1. The summed E-state index contributed by atoms with van der Waals surface area (Å²) in [5, 5.41) is 9.59. The maximum atomic E-state index is 14.2. The number of hydrogen-bond donors (Lipinski definition) is 1. The number of imidazole rings is 1. The molecular weight excluding hydrogens is 441 g/mol. The van der Waals surface area contributed by atoms with Gasteiger partial charge in [0, 0.05) is 26.4 Å². The van der Waals surface area contributed by atoms with Crippen LogP contribution in [0.15, 0.2) is 52.2 Å². The van der Waals surface area contributed by atoms with Crippen LogP contribution in [0.4, 0.5) is 4.39 Å². The second kappa shape index (κ2) is 8.93. The summed E-state index contributed by atoms with van der Waals surface area (Å²) in [6.45, 7) is -0.0834. The molecule has 166 valence electrons. The molecular formula is C21H19ClFN5O4. The number of ether oxygens (including phenoxy) is 1. The Morgan fingerprint density at radius 3 is 2.62 bits per heavy atom. The number of halogens is 2. The van der Waals surface area contributed by atoms with Gasteiger partial charge in [-0.2, -0.15) is 4.98 Å². The number of pyridine rings is 1. The van der Waals surface area contributed by atoms with Gasteiger partial charge in [-0.05, 0) is 30.7 Å². The van der Waals surface area contributed by atoms with E-state index in [4.69, 9.17) is 21.4 Å². The highest BCUT2D eigenvalue weighted by Gasteiger charge is 2.22. The van der Waals surface area contributed by atoms with Gasteiger partial charge in [0.2, 0.25) is 0 Å². The number of nitrogens with zero attached hydrogens (tertiary/aromatic N) is 5. The zero-order valence-electron chi connectivity index (χ0n) is 17.0. The summed E-state index contributed by atoms with van der Waals surface area (Å²) in [7, 11) is 1.48. The first-order valence-electron chi connectivity index (χ1n) is 9.74. The highest BCUT2D eigenvalue weighted by molar-refractivity contribution is 6.30. The lowest BCUT2D eigenvalue weighted by atomic mass is 10.3. The number of hydrogen-bond acceptors (Lipinski definition) is 6. The van der Waals surface area contributed by atoms with Crippen molar-refractivity contribution < 1.29 is 14.2 Å². The van der Waals surface area contributed by atoms with Crippen molar-refractivity contribution in [2.75, 3.05) is 6.61 Å². The summed E-state index contributed by atoms with van der Waals surface area (Å²) in [6.07, 6.45) is 1.69. The van der Waals surface area contributed by atoms with Gasteiger partial charge in [-0.15, -0.1) is 0 Å². The van der Waals surface area contributed by atoms with Crippen molar-refractivity contribution in [3.05, 3.63) is 80.0 Å². The Morgan fingerprint density at radius 1 is 1.16 bits per heavy atom. The lowest BCUT2D eigenvalue weighted by molar-refractivity contribution is 0.277. The number of aliphatic hydroxyl groups is 1. The van der Waals surface area contributed by atoms with Crippen LogP contribution in [0.1, 0.15) is 12.1 Å². The number of para-hydroxylation sites is 1. The molecule has 11 heteroatoms. The lowest BCUT2D eigenvalue weighted by Gasteiger charge is -2.11. The van der Waals surface area contributed by atoms with Crippen molar-refractivity contribution in [3.8, 4) is 11.8 Å². The summed E-state index contributed by atoms with van der Waals surface area (Å²) < 4.78 is 23.6. The molecule has 0 saturated heterocycles. The second-order valence-electron chi connectivity index (χ2n) is 7.03. The van der Waals surface area contributed by atoms with Crippen LogP contribution in [0, 0.1) is 5.82 Å². The smallest absolute Gasteiger partial charge is 0.332 e. The van der Waals surface area contributed by atoms with Gasteiger partial charge in [0.15, 0.2) is 22.7 Å². The fraction of sp³-hybridized carbons (Fsp3) is 0.238. The highest BCUT2D eigenvalue weighted by Crippen LogP contribution is 2.26. The minimum atomic E-state index is -0.607. The lowest BCUT2D eigenvalue weighted by Crippen LogP contribution is -2.39. The van der Waals surface area contributed by atoms with Gasteiger partial charge in [0.1, 0.15) is 0 Å². The molecule has 3 heterocycles. The van der Waals surface area contributed by atoms with Gasteiger partial charge in [-0.3, -0.25) is 23.5 Å². The largest absolute Gasteiger partial charge is 0.422 e. The third-order valence-corrected chi connectivity index (χ3v) is 5.11. The number of fused-ring (bicyclic) bond motifs is 1. The van der Waals surface area contributed by atoms with Crippen molar-refractivity contribution in [1.29, 1.82) is 0 Å². The minimum Gasteiger partial charge on any atom is -0.422 e. The average Bonchev–Trinajstić information content (AvgIpc) is 3.13. The van der Waals surface area contributed by atoms with E-state index in [1.165, 1.54) is 40.6 Å². The molecule has 0 aliphatic rings. The molecule has 4 aromatic rings. The van der Waals surface area contributed by atoms with Crippen LogP contribution in [0.3, 0.4) is 0 Å². The van der Waals surface area contributed by atoms with Crippen LogP contribution in [-0.4, -0.2) is 35.4 Å². The van der Waals surface area contributed by atoms with E-state index in [9.17, 15) is 14.0 Å². The summed E-state index contributed by atoms with van der Waals surface area (Å²) in [5.74, 6) is -0.691. The van der Waals surface area contributed by atoms with Gasteiger partial charge in [-0.1, -0.05) is 23.7 Å². The van der Waals surface area contributed by atoms with Gasteiger partial charge in [0.25, 0.3) is 5.56 Å². The van der Waals surface area contributed by atoms with Crippen molar-refractivity contribution in [1.82, 2.24) is 23.7 Å². The molecule has 1 N–H and O–H groups in total. The van der Waals surface area contributed by atoms with E-state index in [1.54, 1.807) is 18.2 Å². The van der Waals surface area contributed by atoms with Gasteiger partial charge in [-0.25, -0.2) is 9.18 Å². The van der Waals surface area contributed by atoms with Crippen LogP contribution in [0.2, 0.25) is 5.02 Å². The summed E-state index contributed by atoms with van der Waals surface area (Å²) >= 11 is 5.92. The quantitative estimate of drug-likeness (QED) is 0.455. The monoisotopic (exact) mass is 459 g/mol. The summed E-state index contributed by atoms with van der Waals surface area (Å²) in [5.41, 5.74) is -0.458.